The van der Waals surface area contributed by atoms with Crippen LogP contribution in [0.1, 0.15) is 19.7 Å². The van der Waals surface area contributed by atoms with Gasteiger partial charge in [0.25, 0.3) is 0 Å². The van der Waals surface area contributed by atoms with E-state index >= 15 is 0 Å². The lowest BCUT2D eigenvalue weighted by Crippen LogP contribution is -2.43. The molecule has 0 aromatic carbocycles. The van der Waals surface area contributed by atoms with E-state index in [1.165, 1.54) is 13.2 Å². The first kappa shape index (κ1) is 22.6. The molecule has 0 aliphatic rings. The molecule has 3 aromatic rings. The minimum atomic E-state index is -3.81. The van der Waals surface area contributed by atoms with Crippen molar-refractivity contribution in [3.05, 3.63) is 41.6 Å². The average molecular weight is 464 g/mol. The molecule has 164 valence electrons. The smallest absolute Gasteiger partial charge is 0.301 e. The minimum Gasteiger partial charge on any atom is -0.368 e. The van der Waals surface area contributed by atoms with Gasteiger partial charge in [-0.05, 0) is 39.0 Å². The van der Waals surface area contributed by atoms with Gasteiger partial charge in [0, 0.05) is 19.3 Å². The van der Waals surface area contributed by atoms with E-state index in [4.69, 9.17) is 17.3 Å². The van der Waals surface area contributed by atoms with Crippen LogP contribution in [0.5, 0.6) is 0 Å². The van der Waals surface area contributed by atoms with Crippen LogP contribution in [0, 0.1) is 6.92 Å². The van der Waals surface area contributed by atoms with Gasteiger partial charge in [0.05, 0.1) is 23.1 Å². The Kier molecular flexibility index (Phi) is 6.53. The van der Waals surface area contributed by atoms with Crippen LogP contribution < -0.4 is 20.1 Å². The lowest BCUT2D eigenvalue weighted by molar-refractivity contribution is 0.576. The Morgan fingerprint density at radius 2 is 1.94 bits per heavy atom. The Morgan fingerprint density at radius 3 is 2.58 bits per heavy atom. The molecule has 0 spiro atoms. The van der Waals surface area contributed by atoms with Crippen LogP contribution in [0.3, 0.4) is 0 Å². The van der Waals surface area contributed by atoms with E-state index in [2.05, 4.69) is 35.0 Å². The van der Waals surface area contributed by atoms with E-state index < -0.39 is 16.3 Å². The maximum atomic E-state index is 12.5. The van der Waals surface area contributed by atoms with Crippen molar-refractivity contribution >= 4 is 45.0 Å². The molecule has 0 atom stereocenters. The number of hydrogen-bond donors (Lipinski definition) is 3. The largest absolute Gasteiger partial charge is 0.368 e. The van der Waals surface area contributed by atoms with Crippen molar-refractivity contribution in [3.8, 4) is 11.4 Å². The SMILES string of the molecule is CNS(=O)(=O)N(c1cc(Nc2ncccc2-c2nc(C)nc(N)n2)cnc1Cl)C(C)C. The number of nitrogen functional groups attached to an aromatic ring is 1. The molecule has 0 amide bonds. The van der Waals surface area contributed by atoms with Gasteiger partial charge in [-0.1, -0.05) is 11.6 Å². The van der Waals surface area contributed by atoms with Crippen LogP contribution >= 0.6 is 11.6 Å². The number of nitrogens with zero attached hydrogens (tertiary/aromatic N) is 6. The topological polar surface area (TPSA) is 152 Å². The number of aromatic nitrogens is 5. The summed E-state index contributed by atoms with van der Waals surface area (Å²) in [6.07, 6.45) is 3.07. The second-order valence-electron chi connectivity index (χ2n) is 6.72. The van der Waals surface area contributed by atoms with Crippen molar-refractivity contribution < 1.29 is 8.42 Å². The van der Waals surface area contributed by atoms with Gasteiger partial charge < -0.3 is 11.1 Å². The van der Waals surface area contributed by atoms with E-state index in [-0.39, 0.29) is 16.8 Å². The van der Waals surface area contributed by atoms with Gasteiger partial charge >= 0.3 is 10.2 Å². The molecule has 0 radical (unpaired) electrons. The Balaban J connectivity index is 2.05. The fraction of sp³-hybridized carbons (Fsp3) is 0.278. The van der Waals surface area contributed by atoms with E-state index in [9.17, 15) is 8.42 Å². The first-order valence-corrected chi connectivity index (χ1v) is 11.0. The van der Waals surface area contributed by atoms with Gasteiger partial charge in [0.2, 0.25) is 5.95 Å². The Morgan fingerprint density at radius 1 is 1.19 bits per heavy atom. The number of nitrogens with two attached hydrogens (primary N) is 1. The maximum absolute atomic E-state index is 12.5. The predicted molar refractivity (Wildman–Crippen MR) is 120 cm³/mol. The van der Waals surface area contributed by atoms with Gasteiger partial charge in [0.1, 0.15) is 11.6 Å². The Labute approximate surface area is 185 Å². The van der Waals surface area contributed by atoms with Crippen molar-refractivity contribution in [2.24, 2.45) is 0 Å². The predicted octanol–water partition coefficient (Wildman–Crippen LogP) is 2.30. The second kappa shape index (κ2) is 8.96. The number of nitrogens with one attached hydrogen (secondary N) is 2. The summed E-state index contributed by atoms with van der Waals surface area (Å²) in [5.74, 6) is 1.34. The molecule has 3 heterocycles. The number of rotatable bonds is 7. The van der Waals surface area contributed by atoms with Crippen LogP contribution in [0.15, 0.2) is 30.6 Å². The number of anilines is 4. The molecule has 0 saturated carbocycles. The first-order chi connectivity index (χ1) is 14.6. The molecule has 4 N–H and O–H groups in total. The lowest BCUT2D eigenvalue weighted by atomic mass is 10.2. The van der Waals surface area contributed by atoms with Gasteiger partial charge in [-0.15, -0.1) is 0 Å². The van der Waals surface area contributed by atoms with Crippen molar-refractivity contribution in [2.45, 2.75) is 26.8 Å². The summed E-state index contributed by atoms with van der Waals surface area (Å²) in [6.45, 7) is 5.18. The van der Waals surface area contributed by atoms with Crippen LogP contribution in [-0.4, -0.2) is 46.4 Å². The number of aryl methyl sites for hydroxylation is 1. The third-order valence-corrected chi connectivity index (χ3v) is 6.06. The average Bonchev–Trinajstić information content (AvgIpc) is 2.69. The summed E-state index contributed by atoms with van der Waals surface area (Å²) in [5, 5.41) is 3.17. The quantitative estimate of drug-likeness (QED) is 0.448. The standard InChI is InChI=1S/C18H22ClN9O2S/c1-10(2)28(31(29,30)21-4)14-8-12(9-23-15(14)19)26-16-13(6-5-7-22-16)17-24-11(3)25-18(20)27-17/h5-10,21H,1-4H3,(H,22,26)(H2,20,24,25,27). The summed E-state index contributed by atoms with van der Waals surface area (Å²) >= 11 is 6.23. The third-order valence-electron chi connectivity index (χ3n) is 4.12. The van der Waals surface area contributed by atoms with Crippen molar-refractivity contribution in [1.82, 2.24) is 29.6 Å². The maximum Gasteiger partial charge on any atom is 0.301 e. The highest BCUT2D eigenvalue weighted by Gasteiger charge is 2.27. The molecule has 0 unspecified atom stereocenters. The van der Waals surface area contributed by atoms with Gasteiger partial charge in [-0.3, -0.25) is 4.31 Å². The fourth-order valence-corrected chi connectivity index (χ4v) is 4.28. The van der Waals surface area contributed by atoms with Crippen molar-refractivity contribution in [2.75, 3.05) is 22.4 Å². The molecular formula is C18H22ClN9O2S. The molecule has 0 saturated heterocycles. The number of halogens is 1. The summed E-state index contributed by atoms with van der Waals surface area (Å²) in [7, 11) is -2.48. The van der Waals surface area contributed by atoms with Crippen LogP contribution in [0.2, 0.25) is 5.15 Å². The first-order valence-electron chi connectivity index (χ1n) is 9.21. The summed E-state index contributed by atoms with van der Waals surface area (Å²) in [4.78, 5) is 21.0. The Bertz CT molecular complexity index is 1180. The highest BCUT2D eigenvalue weighted by atomic mass is 35.5. The third kappa shape index (κ3) is 4.98. The highest BCUT2D eigenvalue weighted by molar-refractivity contribution is 7.90. The summed E-state index contributed by atoms with van der Waals surface area (Å²) in [5.41, 5.74) is 7.02. The Hall–Kier alpha value is -3.09. The van der Waals surface area contributed by atoms with Crippen molar-refractivity contribution in [1.29, 1.82) is 0 Å². The molecule has 3 rings (SSSR count). The molecular weight excluding hydrogens is 442 g/mol. The van der Waals surface area contributed by atoms with Gasteiger partial charge in [-0.25, -0.2) is 19.7 Å². The molecule has 0 fully saturated rings. The van der Waals surface area contributed by atoms with E-state index in [0.717, 1.165) is 4.31 Å². The molecule has 3 aromatic heterocycles. The monoisotopic (exact) mass is 463 g/mol. The van der Waals surface area contributed by atoms with Crippen molar-refractivity contribution in [3.63, 3.8) is 0 Å². The molecule has 11 nitrogen and oxygen atoms in total. The number of pyridine rings is 2. The van der Waals surface area contributed by atoms with Crippen LogP contribution in [0.4, 0.5) is 23.1 Å². The van der Waals surface area contributed by atoms with Gasteiger partial charge in [-0.2, -0.15) is 18.4 Å². The zero-order chi connectivity index (χ0) is 22.8. The normalized spacial score (nSPS) is 11.5. The minimum absolute atomic E-state index is 0.0418. The number of hydrogen-bond acceptors (Lipinski definition) is 9. The van der Waals surface area contributed by atoms with E-state index in [0.29, 0.717) is 28.7 Å². The zero-order valence-electron chi connectivity index (χ0n) is 17.3. The highest BCUT2D eigenvalue weighted by Crippen LogP contribution is 2.32. The molecule has 0 aliphatic carbocycles. The van der Waals surface area contributed by atoms with Crippen LogP contribution in [-0.2, 0) is 10.2 Å². The summed E-state index contributed by atoms with van der Waals surface area (Å²) < 4.78 is 28.5. The lowest BCUT2D eigenvalue weighted by Gasteiger charge is -2.28. The second-order valence-corrected chi connectivity index (χ2v) is 8.83. The molecule has 0 aliphatic heterocycles. The molecule has 31 heavy (non-hydrogen) atoms. The van der Waals surface area contributed by atoms with E-state index in [1.807, 2.05) is 0 Å². The van der Waals surface area contributed by atoms with E-state index in [1.54, 1.807) is 45.2 Å². The molecule has 0 bridgehead atoms. The van der Waals surface area contributed by atoms with Gasteiger partial charge in [0.15, 0.2) is 11.0 Å². The zero-order valence-corrected chi connectivity index (χ0v) is 18.9. The van der Waals surface area contributed by atoms with Crippen LogP contribution in [0.25, 0.3) is 11.4 Å². The summed E-state index contributed by atoms with van der Waals surface area (Å²) in [6, 6.07) is 4.69. The fourth-order valence-electron chi connectivity index (χ4n) is 2.89. The molecule has 13 heteroatoms.